The summed E-state index contributed by atoms with van der Waals surface area (Å²) in [6, 6.07) is 0. The number of hydrogen-bond acceptors (Lipinski definition) is 3. The minimum absolute atomic E-state index is 0.364. The van der Waals surface area contributed by atoms with E-state index in [4.69, 9.17) is 4.74 Å². The molecular weight excluding hydrogens is 234 g/mol. The van der Waals surface area contributed by atoms with Crippen molar-refractivity contribution in [2.75, 3.05) is 5.32 Å². The van der Waals surface area contributed by atoms with E-state index in [-0.39, 0.29) is 6.09 Å². The Balaban J connectivity index is 2.06. The molecule has 4 heteroatoms. The number of amides is 1. The van der Waals surface area contributed by atoms with E-state index in [9.17, 15) is 4.79 Å². The van der Waals surface area contributed by atoms with E-state index < -0.39 is 5.60 Å². The number of ether oxygens (including phenoxy) is 1. The number of rotatable bonds is 2. The van der Waals surface area contributed by atoms with Gasteiger partial charge >= 0.3 is 6.09 Å². The van der Waals surface area contributed by atoms with E-state index >= 15 is 0 Å². The molecule has 1 aromatic heterocycles. The zero-order valence-electron chi connectivity index (χ0n) is 10.8. The third-order valence-corrected chi connectivity index (χ3v) is 3.57. The van der Waals surface area contributed by atoms with Crippen LogP contribution in [0.3, 0.4) is 0 Å². The first kappa shape index (κ1) is 12.4. The van der Waals surface area contributed by atoms with Crippen LogP contribution in [0, 0.1) is 6.92 Å². The van der Waals surface area contributed by atoms with E-state index in [0.29, 0.717) is 5.92 Å². The van der Waals surface area contributed by atoms with E-state index in [0.717, 1.165) is 5.69 Å². The lowest BCUT2D eigenvalue weighted by Crippen LogP contribution is -2.27. The van der Waals surface area contributed by atoms with Gasteiger partial charge in [-0.05, 0) is 52.0 Å². The molecule has 3 nitrogen and oxygen atoms in total. The molecule has 0 aromatic carbocycles. The van der Waals surface area contributed by atoms with Crippen LogP contribution in [0.1, 0.15) is 50.0 Å². The molecule has 1 aromatic rings. The van der Waals surface area contributed by atoms with Gasteiger partial charge in [0.2, 0.25) is 0 Å². The molecule has 0 spiro atoms. The Labute approximate surface area is 106 Å². The highest BCUT2D eigenvalue weighted by Crippen LogP contribution is 2.47. The number of nitrogens with one attached hydrogen (secondary N) is 1. The van der Waals surface area contributed by atoms with Crippen molar-refractivity contribution in [1.29, 1.82) is 0 Å². The summed E-state index contributed by atoms with van der Waals surface area (Å²) in [7, 11) is 0. The van der Waals surface area contributed by atoms with Gasteiger partial charge in [-0.2, -0.15) is 0 Å². The summed E-state index contributed by atoms with van der Waals surface area (Å²) in [5, 5.41) is 4.87. The van der Waals surface area contributed by atoms with Crippen LogP contribution in [-0.2, 0) is 4.74 Å². The minimum atomic E-state index is -0.450. The van der Waals surface area contributed by atoms with Crippen LogP contribution in [0.4, 0.5) is 10.5 Å². The highest BCUT2D eigenvalue weighted by molar-refractivity contribution is 7.10. The predicted octanol–water partition coefficient (Wildman–Crippen LogP) is 4.28. The molecule has 0 bridgehead atoms. The smallest absolute Gasteiger partial charge is 0.412 e. The Kier molecular flexibility index (Phi) is 3.17. The lowest BCUT2D eigenvalue weighted by atomic mass is 10.1. The molecule has 0 radical (unpaired) electrons. The highest BCUT2D eigenvalue weighted by atomic mass is 32.1. The van der Waals surface area contributed by atoms with Crippen LogP contribution >= 0.6 is 11.3 Å². The molecule has 0 aliphatic heterocycles. The first-order chi connectivity index (χ1) is 7.87. The molecular formula is C13H19NO2S. The highest BCUT2D eigenvalue weighted by Gasteiger charge is 2.29. The van der Waals surface area contributed by atoms with Crippen molar-refractivity contribution < 1.29 is 9.53 Å². The van der Waals surface area contributed by atoms with E-state index in [1.165, 1.54) is 23.3 Å². The van der Waals surface area contributed by atoms with Crippen molar-refractivity contribution in [3.05, 3.63) is 15.8 Å². The summed E-state index contributed by atoms with van der Waals surface area (Å²) in [5.41, 5.74) is 1.79. The molecule has 1 amide bonds. The minimum Gasteiger partial charge on any atom is -0.444 e. The predicted molar refractivity (Wildman–Crippen MR) is 70.9 cm³/mol. The quantitative estimate of drug-likeness (QED) is 0.854. The normalized spacial score (nSPS) is 15.8. The van der Waals surface area contributed by atoms with Gasteiger partial charge in [0, 0.05) is 10.3 Å². The number of carbonyl (C=O) groups is 1. The molecule has 1 heterocycles. The topological polar surface area (TPSA) is 38.3 Å². The van der Waals surface area contributed by atoms with Crippen LogP contribution in [0.15, 0.2) is 5.38 Å². The number of hydrogen-bond donors (Lipinski definition) is 1. The van der Waals surface area contributed by atoms with Crippen LogP contribution in [-0.4, -0.2) is 11.7 Å². The van der Waals surface area contributed by atoms with Crippen molar-refractivity contribution in [2.45, 2.75) is 52.1 Å². The molecule has 0 atom stereocenters. The second kappa shape index (κ2) is 4.33. The summed E-state index contributed by atoms with van der Waals surface area (Å²) >= 11 is 1.69. The lowest BCUT2D eigenvalue weighted by molar-refractivity contribution is 0.0636. The summed E-state index contributed by atoms with van der Waals surface area (Å²) in [6.07, 6.45) is 2.11. The Bertz CT molecular complexity index is 427. The van der Waals surface area contributed by atoms with Crippen molar-refractivity contribution in [1.82, 2.24) is 0 Å². The van der Waals surface area contributed by atoms with Crippen molar-refractivity contribution in [2.24, 2.45) is 0 Å². The Hall–Kier alpha value is -1.03. The van der Waals surface area contributed by atoms with E-state index in [1.54, 1.807) is 11.3 Å². The van der Waals surface area contributed by atoms with Gasteiger partial charge in [0.05, 0.1) is 5.69 Å². The summed E-state index contributed by atoms with van der Waals surface area (Å²) in [4.78, 5) is 13.0. The molecule has 0 unspecified atom stereocenters. The molecule has 1 saturated carbocycles. The molecule has 1 aliphatic rings. The molecule has 17 heavy (non-hydrogen) atoms. The van der Waals surface area contributed by atoms with Crippen LogP contribution in [0.5, 0.6) is 0 Å². The van der Waals surface area contributed by atoms with E-state index in [2.05, 4.69) is 12.2 Å². The first-order valence-electron chi connectivity index (χ1n) is 5.95. The van der Waals surface area contributed by atoms with Crippen LogP contribution in [0.2, 0.25) is 0 Å². The second-order valence-electron chi connectivity index (χ2n) is 5.52. The summed E-state index contributed by atoms with van der Waals surface area (Å²) < 4.78 is 5.26. The summed E-state index contributed by atoms with van der Waals surface area (Å²) in [6.45, 7) is 7.71. The van der Waals surface area contributed by atoms with Gasteiger partial charge in [0.25, 0.3) is 0 Å². The van der Waals surface area contributed by atoms with Gasteiger partial charge in [-0.25, -0.2) is 4.79 Å². The fraction of sp³-hybridized carbons (Fsp3) is 0.615. The molecule has 2 rings (SSSR count). The maximum absolute atomic E-state index is 11.7. The molecule has 1 fully saturated rings. The number of anilines is 1. The molecule has 1 aliphatic carbocycles. The van der Waals surface area contributed by atoms with Gasteiger partial charge < -0.3 is 4.74 Å². The second-order valence-corrected chi connectivity index (χ2v) is 6.60. The van der Waals surface area contributed by atoms with Gasteiger partial charge in [0.1, 0.15) is 5.60 Å². The third-order valence-electron chi connectivity index (χ3n) is 2.64. The standard InChI is InChI=1S/C13H19NO2S/c1-8-11(9-5-6-9)10(7-17-8)14-12(15)16-13(2,3)4/h7,9H,5-6H2,1-4H3,(H,14,15). The Morgan fingerprint density at radius 3 is 2.65 bits per heavy atom. The zero-order valence-corrected chi connectivity index (χ0v) is 11.6. The van der Waals surface area contributed by atoms with Crippen molar-refractivity contribution in [3.8, 4) is 0 Å². The molecule has 1 N–H and O–H groups in total. The maximum Gasteiger partial charge on any atom is 0.412 e. The lowest BCUT2D eigenvalue weighted by Gasteiger charge is -2.19. The fourth-order valence-electron chi connectivity index (χ4n) is 1.85. The monoisotopic (exact) mass is 253 g/mol. The fourth-order valence-corrected chi connectivity index (χ4v) is 2.74. The van der Waals surface area contributed by atoms with Gasteiger partial charge in [0.15, 0.2) is 0 Å². The van der Waals surface area contributed by atoms with Crippen molar-refractivity contribution >= 4 is 23.1 Å². The average Bonchev–Trinajstić information content (AvgIpc) is 2.90. The SMILES string of the molecule is Cc1scc(NC(=O)OC(C)(C)C)c1C1CC1. The Morgan fingerprint density at radius 2 is 2.12 bits per heavy atom. The first-order valence-corrected chi connectivity index (χ1v) is 6.83. The number of aryl methyl sites for hydroxylation is 1. The zero-order chi connectivity index (χ0) is 12.6. The molecule has 94 valence electrons. The van der Waals surface area contributed by atoms with Gasteiger partial charge in [-0.15, -0.1) is 11.3 Å². The third kappa shape index (κ3) is 3.22. The van der Waals surface area contributed by atoms with E-state index in [1.807, 2.05) is 26.2 Å². The summed E-state index contributed by atoms with van der Waals surface area (Å²) in [5.74, 6) is 0.645. The number of carbonyl (C=O) groups excluding carboxylic acids is 1. The molecule has 0 saturated heterocycles. The largest absolute Gasteiger partial charge is 0.444 e. The van der Waals surface area contributed by atoms with Gasteiger partial charge in [-0.1, -0.05) is 0 Å². The van der Waals surface area contributed by atoms with Gasteiger partial charge in [-0.3, -0.25) is 5.32 Å². The maximum atomic E-state index is 11.7. The number of thiophene rings is 1. The van der Waals surface area contributed by atoms with Crippen LogP contribution < -0.4 is 5.32 Å². The average molecular weight is 253 g/mol. The Morgan fingerprint density at radius 1 is 1.47 bits per heavy atom. The van der Waals surface area contributed by atoms with Crippen LogP contribution in [0.25, 0.3) is 0 Å². The van der Waals surface area contributed by atoms with Crippen molar-refractivity contribution in [3.63, 3.8) is 0 Å².